The van der Waals surface area contributed by atoms with Crippen molar-refractivity contribution in [2.45, 2.75) is 18.5 Å². The predicted molar refractivity (Wildman–Crippen MR) is 194 cm³/mol. The van der Waals surface area contributed by atoms with Crippen LogP contribution in [0.25, 0.3) is 44.6 Å². The first-order valence-corrected chi connectivity index (χ1v) is 16.2. The van der Waals surface area contributed by atoms with Gasteiger partial charge in [-0.1, -0.05) is 133 Å². The molecule has 1 aliphatic carbocycles. The zero-order valence-corrected chi connectivity index (χ0v) is 25.8. The van der Waals surface area contributed by atoms with E-state index in [1.807, 2.05) is 6.07 Å². The highest BCUT2D eigenvalue weighted by atomic mass is 15.3. The van der Waals surface area contributed by atoms with E-state index in [9.17, 15) is 0 Å². The number of hydrogen-bond acceptors (Lipinski definition) is 4. The maximum atomic E-state index is 5.34. The number of anilines is 2. The van der Waals surface area contributed by atoms with E-state index in [0.29, 0.717) is 0 Å². The van der Waals surface area contributed by atoms with Crippen LogP contribution in [0.4, 0.5) is 11.5 Å². The third kappa shape index (κ3) is 4.86. The summed E-state index contributed by atoms with van der Waals surface area (Å²) in [4.78, 5) is 12.7. The largest absolute Gasteiger partial charge is 0.373 e. The molecule has 2 atom stereocenters. The first-order valence-electron chi connectivity index (χ1n) is 16.2. The van der Waals surface area contributed by atoms with Crippen molar-refractivity contribution >= 4 is 17.3 Å². The quantitative estimate of drug-likeness (QED) is 0.213. The van der Waals surface area contributed by atoms with Gasteiger partial charge in [0, 0.05) is 16.8 Å². The number of amidine groups is 1. The van der Waals surface area contributed by atoms with E-state index >= 15 is 0 Å². The molecule has 0 radical (unpaired) electrons. The molecule has 0 saturated carbocycles. The third-order valence-electron chi connectivity index (χ3n) is 9.37. The Kier molecular flexibility index (Phi) is 6.64. The molecule has 0 amide bonds. The number of allylic oxidation sites excluding steroid dienone is 2. The number of aliphatic imine (C=N–C) groups is 1. The Morgan fingerprint density at radius 3 is 2.02 bits per heavy atom. The standard InChI is InChI=1S/C43H32N4/c1-3-12-30(13-4-1)34-16-7-8-17-35(34)31-24-22-29(23-25-31)33-26-27-40-36(28-33)42-43(46-39-19-10-9-18-38(39)45-42)47(40)41-21-11-20-37(44-41)32-14-5-2-6-15-32/h1-18,20-28,39,42,45H,19H2. The Morgan fingerprint density at radius 1 is 0.596 bits per heavy atom. The van der Waals surface area contributed by atoms with Gasteiger partial charge in [-0.2, -0.15) is 0 Å². The number of hydrogen-bond donors (Lipinski definition) is 1. The summed E-state index contributed by atoms with van der Waals surface area (Å²) in [6.07, 6.45) is 7.38. The summed E-state index contributed by atoms with van der Waals surface area (Å²) in [6, 6.07) is 51.7. The fraction of sp³-hybridized carbons (Fsp3) is 0.0698. The predicted octanol–water partition coefficient (Wildman–Crippen LogP) is 10.2. The summed E-state index contributed by atoms with van der Waals surface area (Å²) in [5.74, 6) is 1.88. The molecule has 6 aromatic rings. The van der Waals surface area contributed by atoms with Gasteiger partial charge in [-0.15, -0.1) is 0 Å². The Morgan fingerprint density at radius 2 is 1.26 bits per heavy atom. The molecule has 1 aromatic heterocycles. The summed E-state index contributed by atoms with van der Waals surface area (Å²) >= 11 is 0. The molecule has 0 saturated heterocycles. The molecule has 2 aliphatic heterocycles. The van der Waals surface area contributed by atoms with E-state index in [2.05, 4.69) is 168 Å². The minimum Gasteiger partial charge on any atom is -0.373 e. The van der Waals surface area contributed by atoms with E-state index in [0.717, 1.165) is 35.0 Å². The minimum atomic E-state index is -0.0573. The van der Waals surface area contributed by atoms with Gasteiger partial charge in [0.25, 0.3) is 0 Å². The summed E-state index contributed by atoms with van der Waals surface area (Å²) in [6.45, 7) is 0. The monoisotopic (exact) mass is 604 g/mol. The maximum absolute atomic E-state index is 5.34. The van der Waals surface area contributed by atoms with Gasteiger partial charge in [0.15, 0.2) is 0 Å². The average molecular weight is 605 g/mol. The highest BCUT2D eigenvalue weighted by Crippen LogP contribution is 2.46. The Balaban J connectivity index is 1.11. The molecule has 5 aromatic carbocycles. The lowest BCUT2D eigenvalue weighted by molar-refractivity contribution is 0.609. The zero-order valence-electron chi connectivity index (χ0n) is 25.8. The second-order valence-corrected chi connectivity index (χ2v) is 12.2. The molecule has 224 valence electrons. The normalized spacial score (nSPS) is 17.6. The first kappa shape index (κ1) is 27.3. The van der Waals surface area contributed by atoms with Crippen molar-refractivity contribution in [1.82, 2.24) is 10.3 Å². The fourth-order valence-corrected chi connectivity index (χ4v) is 7.05. The zero-order chi connectivity index (χ0) is 31.2. The van der Waals surface area contributed by atoms with E-state index in [4.69, 9.17) is 9.98 Å². The van der Waals surface area contributed by atoms with Crippen molar-refractivity contribution in [2.24, 2.45) is 4.99 Å². The van der Waals surface area contributed by atoms with Crippen LogP contribution in [-0.2, 0) is 0 Å². The van der Waals surface area contributed by atoms with Crippen LogP contribution >= 0.6 is 0 Å². The van der Waals surface area contributed by atoms with Crippen molar-refractivity contribution in [3.8, 4) is 44.6 Å². The van der Waals surface area contributed by atoms with Crippen molar-refractivity contribution in [3.05, 3.63) is 175 Å². The van der Waals surface area contributed by atoms with Crippen LogP contribution in [0.3, 0.4) is 0 Å². The molecular formula is C43H32N4. The third-order valence-corrected chi connectivity index (χ3v) is 9.37. The van der Waals surface area contributed by atoms with Crippen molar-refractivity contribution in [3.63, 3.8) is 0 Å². The molecule has 0 bridgehead atoms. The van der Waals surface area contributed by atoms with Crippen LogP contribution in [0.5, 0.6) is 0 Å². The lowest BCUT2D eigenvalue weighted by atomic mass is 9.93. The summed E-state index contributed by atoms with van der Waals surface area (Å²) < 4.78 is 0. The summed E-state index contributed by atoms with van der Waals surface area (Å²) in [7, 11) is 0. The number of fused-ring (bicyclic) bond motifs is 4. The molecular weight excluding hydrogens is 573 g/mol. The van der Waals surface area contributed by atoms with Crippen LogP contribution in [-0.4, -0.2) is 16.9 Å². The van der Waals surface area contributed by atoms with Gasteiger partial charge < -0.3 is 5.32 Å². The average Bonchev–Trinajstić information content (AvgIpc) is 3.47. The Labute approximate surface area is 275 Å². The fourth-order valence-electron chi connectivity index (χ4n) is 7.05. The second kappa shape index (κ2) is 11.4. The van der Waals surface area contributed by atoms with Gasteiger partial charge >= 0.3 is 0 Å². The highest BCUT2D eigenvalue weighted by molar-refractivity contribution is 6.13. The lowest BCUT2D eigenvalue weighted by Crippen LogP contribution is -2.41. The highest BCUT2D eigenvalue weighted by Gasteiger charge is 2.41. The second-order valence-electron chi connectivity index (χ2n) is 12.2. The summed E-state index contributed by atoms with van der Waals surface area (Å²) in [5.41, 5.74) is 12.8. The van der Waals surface area contributed by atoms with E-state index in [1.165, 1.54) is 44.6 Å². The lowest BCUT2D eigenvalue weighted by Gasteiger charge is -2.32. The Hall–Kier alpha value is -6.00. The molecule has 9 rings (SSSR count). The van der Waals surface area contributed by atoms with Gasteiger partial charge in [-0.3, -0.25) is 9.89 Å². The van der Waals surface area contributed by atoms with Gasteiger partial charge in [-0.25, -0.2) is 4.98 Å². The first-order chi connectivity index (χ1) is 23.3. The van der Waals surface area contributed by atoms with Crippen LogP contribution in [0.15, 0.2) is 175 Å². The number of benzene rings is 5. The number of nitrogens with one attached hydrogen (secondary N) is 1. The smallest absolute Gasteiger partial charge is 0.139 e. The van der Waals surface area contributed by atoms with Gasteiger partial charge in [0.1, 0.15) is 17.7 Å². The number of aromatic nitrogens is 1. The summed E-state index contributed by atoms with van der Waals surface area (Å²) in [5, 5.41) is 3.86. The number of pyridine rings is 1. The van der Waals surface area contributed by atoms with Crippen LogP contribution in [0.1, 0.15) is 18.0 Å². The van der Waals surface area contributed by atoms with E-state index < -0.39 is 0 Å². The molecule has 4 heteroatoms. The van der Waals surface area contributed by atoms with Crippen molar-refractivity contribution < 1.29 is 0 Å². The van der Waals surface area contributed by atoms with Crippen LogP contribution in [0, 0.1) is 0 Å². The molecule has 3 heterocycles. The number of nitrogens with zero attached hydrogens (tertiary/aromatic N) is 3. The molecule has 0 spiro atoms. The van der Waals surface area contributed by atoms with Gasteiger partial charge in [0.2, 0.25) is 0 Å². The Bertz CT molecular complexity index is 2200. The van der Waals surface area contributed by atoms with Crippen molar-refractivity contribution in [2.75, 3.05) is 4.90 Å². The van der Waals surface area contributed by atoms with Crippen LogP contribution < -0.4 is 10.2 Å². The molecule has 0 fully saturated rings. The molecule has 2 unspecified atom stereocenters. The molecule has 47 heavy (non-hydrogen) atoms. The SMILES string of the molecule is C1=CCC2N=C3C(NC2=C1)c1cc(-c2ccc(-c4ccccc4-c4ccccc4)cc2)ccc1N3c1cccc(-c2ccccc2)n1. The number of rotatable bonds is 5. The van der Waals surface area contributed by atoms with Crippen molar-refractivity contribution in [1.29, 1.82) is 0 Å². The minimum absolute atomic E-state index is 0.0573. The maximum Gasteiger partial charge on any atom is 0.139 e. The molecule has 3 aliphatic rings. The van der Waals surface area contributed by atoms with E-state index in [-0.39, 0.29) is 12.1 Å². The van der Waals surface area contributed by atoms with Gasteiger partial charge in [0.05, 0.1) is 17.4 Å². The molecule has 1 N–H and O–H groups in total. The molecule has 4 nitrogen and oxygen atoms in total. The van der Waals surface area contributed by atoms with E-state index in [1.54, 1.807) is 0 Å². The van der Waals surface area contributed by atoms with Gasteiger partial charge in [-0.05, 0) is 70.1 Å². The topological polar surface area (TPSA) is 40.5 Å². The van der Waals surface area contributed by atoms with Crippen LogP contribution in [0.2, 0.25) is 0 Å².